The van der Waals surface area contributed by atoms with E-state index in [1.165, 1.54) is 45.1 Å². The largest absolute Gasteiger partial charge is 0.336 e. The zero-order chi connectivity index (χ0) is 12.9. The molecule has 3 atom stereocenters. The van der Waals surface area contributed by atoms with Crippen molar-refractivity contribution in [3.05, 3.63) is 18.7 Å². The lowest BCUT2D eigenvalue weighted by Gasteiger charge is -2.36. The van der Waals surface area contributed by atoms with Gasteiger partial charge in [-0.2, -0.15) is 0 Å². The van der Waals surface area contributed by atoms with E-state index in [1.54, 1.807) is 0 Å². The van der Waals surface area contributed by atoms with E-state index < -0.39 is 0 Å². The molecule has 1 aromatic rings. The molecule has 0 spiro atoms. The van der Waals surface area contributed by atoms with Crippen molar-refractivity contribution in [1.82, 2.24) is 20.2 Å². The van der Waals surface area contributed by atoms with E-state index >= 15 is 0 Å². The summed E-state index contributed by atoms with van der Waals surface area (Å²) < 4.78 is 2.15. The molecule has 2 N–H and O–H groups in total. The van der Waals surface area contributed by atoms with Gasteiger partial charge in [-0.15, -0.1) is 0 Å². The zero-order valence-electron chi connectivity index (χ0n) is 11.7. The van der Waals surface area contributed by atoms with Crippen LogP contribution >= 0.6 is 0 Å². The summed E-state index contributed by atoms with van der Waals surface area (Å²) in [5, 5.41) is 7.50. The van der Waals surface area contributed by atoms with Crippen LogP contribution in [0.3, 0.4) is 0 Å². The lowest BCUT2D eigenvalue weighted by Crippen LogP contribution is -2.47. The minimum atomic E-state index is 0.716. The molecule has 2 aliphatic rings. The highest BCUT2D eigenvalue weighted by molar-refractivity contribution is 4.91. The maximum Gasteiger partial charge on any atom is 0.0946 e. The molecule has 106 valence electrons. The second-order valence-electron chi connectivity index (χ2n) is 6.01. The fourth-order valence-corrected chi connectivity index (χ4v) is 3.77. The third kappa shape index (κ3) is 3.37. The summed E-state index contributed by atoms with van der Waals surface area (Å²) in [5.41, 5.74) is 0. The van der Waals surface area contributed by atoms with Crippen molar-refractivity contribution in [3.63, 3.8) is 0 Å². The Hall–Kier alpha value is -0.870. The van der Waals surface area contributed by atoms with E-state index in [-0.39, 0.29) is 0 Å². The minimum Gasteiger partial charge on any atom is -0.336 e. The second kappa shape index (κ2) is 6.53. The number of aromatic nitrogens is 2. The number of nitrogens with one attached hydrogen (secondary N) is 2. The SMILES string of the molecule is c1cn(CCNC2CCCCC2C2CCCN2)cn1. The first-order valence-corrected chi connectivity index (χ1v) is 7.86. The predicted octanol–water partition coefficient (Wildman–Crippen LogP) is 1.78. The first kappa shape index (κ1) is 13.1. The number of imidazole rings is 1. The molecule has 4 nitrogen and oxygen atoms in total. The molecule has 0 radical (unpaired) electrons. The maximum absolute atomic E-state index is 4.09. The van der Waals surface area contributed by atoms with Crippen LogP contribution in [0.2, 0.25) is 0 Å². The summed E-state index contributed by atoms with van der Waals surface area (Å²) in [5.74, 6) is 0.846. The molecule has 0 bridgehead atoms. The second-order valence-corrected chi connectivity index (χ2v) is 6.01. The molecule has 1 aliphatic heterocycles. The predicted molar refractivity (Wildman–Crippen MR) is 77.0 cm³/mol. The van der Waals surface area contributed by atoms with Gasteiger partial charge in [0, 0.05) is 37.6 Å². The lowest BCUT2D eigenvalue weighted by molar-refractivity contribution is 0.214. The van der Waals surface area contributed by atoms with E-state index in [4.69, 9.17) is 0 Å². The van der Waals surface area contributed by atoms with Gasteiger partial charge >= 0.3 is 0 Å². The van der Waals surface area contributed by atoms with E-state index in [0.717, 1.165) is 25.0 Å². The van der Waals surface area contributed by atoms with Crippen LogP contribution < -0.4 is 10.6 Å². The Morgan fingerprint density at radius 3 is 2.95 bits per heavy atom. The Morgan fingerprint density at radius 1 is 1.21 bits per heavy atom. The highest BCUT2D eigenvalue weighted by Gasteiger charge is 2.32. The Kier molecular flexibility index (Phi) is 4.51. The molecule has 0 amide bonds. The van der Waals surface area contributed by atoms with Gasteiger partial charge in [0.25, 0.3) is 0 Å². The van der Waals surface area contributed by atoms with Gasteiger partial charge in [0.1, 0.15) is 0 Å². The van der Waals surface area contributed by atoms with Crippen molar-refractivity contribution in [3.8, 4) is 0 Å². The highest BCUT2D eigenvalue weighted by Crippen LogP contribution is 2.30. The average Bonchev–Trinajstić information content (AvgIpc) is 3.12. The Balaban J connectivity index is 1.49. The minimum absolute atomic E-state index is 0.716. The van der Waals surface area contributed by atoms with Crippen LogP contribution in [0.4, 0.5) is 0 Å². The van der Waals surface area contributed by atoms with Crippen LogP contribution in [0, 0.1) is 5.92 Å². The molecule has 1 aromatic heterocycles. The van der Waals surface area contributed by atoms with Crippen molar-refractivity contribution in [2.75, 3.05) is 13.1 Å². The standard InChI is InChI=1S/C15H26N4/c1-2-5-14(13(4-1)15-6-3-7-17-15)18-9-11-19-10-8-16-12-19/h8,10,12-15,17-18H,1-7,9,11H2. The summed E-state index contributed by atoms with van der Waals surface area (Å²) in [4.78, 5) is 4.09. The number of rotatable bonds is 5. The quantitative estimate of drug-likeness (QED) is 0.850. The molecular formula is C15H26N4. The summed E-state index contributed by atoms with van der Waals surface area (Å²) in [6, 6.07) is 1.49. The summed E-state index contributed by atoms with van der Waals surface area (Å²) in [7, 11) is 0. The molecule has 19 heavy (non-hydrogen) atoms. The fourth-order valence-electron chi connectivity index (χ4n) is 3.77. The Bertz CT molecular complexity index is 356. The smallest absolute Gasteiger partial charge is 0.0946 e. The number of hydrogen-bond donors (Lipinski definition) is 2. The highest BCUT2D eigenvalue weighted by atomic mass is 15.1. The van der Waals surface area contributed by atoms with Gasteiger partial charge in [-0.25, -0.2) is 4.98 Å². The van der Waals surface area contributed by atoms with Crippen molar-refractivity contribution in [2.45, 2.75) is 57.2 Å². The van der Waals surface area contributed by atoms with Gasteiger partial charge < -0.3 is 15.2 Å². The van der Waals surface area contributed by atoms with Crippen LogP contribution in [-0.4, -0.2) is 34.7 Å². The van der Waals surface area contributed by atoms with Crippen molar-refractivity contribution >= 4 is 0 Å². The van der Waals surface area contributed by atoms with E-state index in [2.05, 4.69) is 20.2 Å². The van der Waals surface area contributed by atoms with Crippen LogP contribution in [0.5, 0.6) is 0 Å². The first-order valence-electron chi connectivity index (χ1n) is 7.86. The third-order valence-corrected chi connectivity index (χ3v) is 4.77. The van der Waals surface area contributed by atoms with Gasteiger partial charge in [-0.3, -0.25) is 0 Å². The van der Waals surface area contributed by atoms with Crippen LogP contribution in [0.1, 0.15) is 38.5 Å². The molecule has 4 heteroatoms. The van der Waals surface area contributed by atoms with Crippen LogP contribution in [-0.2, 0) is 6.54 Å². The van der Waals surface area contributed by atoms with Gasteiger partial charge in [-0.05, 0) is 38.1 Å². The zero-order valence-corrected chi connectivity index (χ0v) is 11.7. The van der Waals surface area contributed by atoms with Gasteiger partial charge in [-0.1, -0.05) is 12.8 Å². The maximum atomic E-state index is 4.09. The molecule has 3 unspecified atom stereocenters. The summed E-state index contributed by atoms with van der Waals surface area (Å²) in [6.45, 7) is 3.31. The topological polar surface area (TPSA) is 41.9 Å². The molecule has 3 rings (SSSR count). The molecular weight excluding hydrogens is 236 g/mol. The fraction of sp³-hybridized carbons (Fsp3) is 0.800. The molecule has 1 aliphatic carbocycles. The van der Waals surface area contributed by atoms with Crippen molar-refractivity contribution < 1.29 is 0 Å². The number of hydrogen-bond acceptors (Lipinski definition) is 3. The van der Waals surface area contributed by atoms with E-state index in [1.807, 2.05) is 18.7 Å². The Labute approximate surface area is 116 Å². The summed E-state index contributed by atoms with van der Waals surface area (Å²) in [6.07, 6.45) is 14.1. The lowest BCUT2D eigenvalue weighted by atomic mass is 9.79. The normalized spacial score (nSPS) is 31.7. The molecule has 1 saturated heterocycles. The Morgan fingerprint density at radius 2 is 2.16 bits per heavy atom. The summed E-state index contributed by atoms with van der Waals surface area (Å²) >= 11 is 0. The molecule has 0 aromatic carbocycles. The number of nitrogens with zero attached hydrogens (tertiary/aromatic N) is 2. The van der Waals surface area contributed by atoms with Gasteiger partial charge in [0.15, 0.2) is 0 Å². The monoisotopic (exact) mass is 262 g/mol. The first-order chi connectivity index (χ1) is 9.43. The molecule has 1 saturated carbocycles. The van der Waals surface area contributed by atoms with Crippen LogP contribution in [0.25, 0.3) is 0 Å². The van der Waals surface area contributed by atoms with Gasteiger partial charge in [0.05, 0.1) is 6.33 Å². The van der Waals surface area contributed by atoms with Crippen LogP contribution in [0.15, 0.2) is 18.7 Å². The van der Waals surface area contributed by atoms with E-state index in [9.17, 15) is 0 Å². The molecule has 2 fully saturated rings. The van der Waals surface area contributed by atoms with Crippen molar-refractivity contribution in [1.29, 1.82) is 0 Å². The van der Waals surface area contributed by atoms with E-state index in [0.29, 0.717) is 6.04 Å². The third-order valence-electron chi connectivity index (χ3n) is 4.77. The molecule has 2 heterocycles. The average molecular weight is 262 g/mol. The van der Waals surface area contributed by atoms with Crippen molar-refractivity contribution in [2.24, 2.45) is 5.92 Å². The van der Waals surface area contributed by atoms with Gasteiger partial charge in [0.2, 0.25) is 0 Å².